The summed E-state index contributed by atoms with van der Waals surface area (Å²) >= 11 is 0. The molecule has 0 saturated heterocycles. The molecule has 0 radical (unpaired) electrons. The van der Waals surface area contributed by atoms with Crippen molar-refractivity contribution >= 4 is 0 Å². The monoisotopic (exact) mass is 530 g/mol. The van der Waals surface area contributed by atoms with Gasteiger partial charge in [-0.15, -0.1) is 0 Å². The number of hydrogen-bond donors (Lipinski definition) is 7. The molecule has 4 aromatic rings. The molecule has 2 aliphatic rings. The second-order valence-electron chi connectivity index (χ2n) is 9.86. The van der Waals surface area contributed by atoms with Crippen LogP contribution in [-0.4, -0.2) is 48.0 Å². The molecule has 200 valence electrons. The first-order chi connectivity index (χ1) is 18.7. The van der Waals surface area contributed by atoms with Crippen LogP contribution in [0.15, 0.2) is 72.8 Å². The second-order valence-corrected chi connectivity index (χ2v) is 9.86. The van der Waals surface area contributed by atoms with Gasteiger partial charge in [0.05, 0.1) is 6.10 Å². The molecule has 9 nitrogen and oxygen atoms in total. The molecule has 0 bridgehead atoms. The molecule has 9 heteroatoms. The summed E-state index contributed by atoms with van der Waals surface area (Å²) < 4.78 is 12.4. The van der Waals surface area contributed by atoms with Crippen LogP contribution in [0, 0.1) is 0 Å². The maximum absolute atomic E-state index is 11.7. The molecule has 4 aromatic carbocycles. The summed E-state index contributed by atoms with van der Waals surface area (Å²) in [6.45, 7) is 0. The van der Waals surface area contributed by atoms with E-state index in [1.54, 1.807) is 24.3 Å². The first-order valence-corrected chi connectivity index (χ1v) is 12.4. The molecule has 7 N–H and O–H groups in total. The third-order valence-corrected chi connectivity index (χ3v) is 7.40. The highest BCUT2D eigenvalue weighted by atomic mass is 16.5. The van der Waals surface area contributed by atoms with Crippen LogP contribution in [0.2, 0.25) is 0 Å². The molecular formula is C30H26O9. The molecule has 0 aromatic heterocycles. The Morgan fingerprint density at radius 1 is 0.590 bits per heavy atom. The van der Waals surface area contributed by atoms with Crippen LogP contribution in [0.4, 0.5) is 0 Å². The van der Waals surface area contributed by atoms with Crippen molar-refractivity contribution in [1.29, 1.82) is 0 Å². The number of phenols is 5. The molecule has 2 heterocycles. The third-order valence-electron chi connectivity index (χ3n) is 7.40. The Kier molecular flexibility index (Phi) is 5.90. The molecule has 0 aliphatic carbocycles. The standard InChI is InChI=1S/C30H26O9/c31-16-4-1-14(2-5-16)29-27(37)26(18-7-6-17(32)12-25(18)38-29)19-8-10-21(33)20-13-24(36)28(39-30(19)20)15-3-9-22(34)23(35)11-15/h1-12,24,26-29,31-37H,13H2. The van der Waals surface area contributed by atoms with Gasteiger partial charge in [0.2, 0.25) is 0 Å². The molecule has 0 fully saturated rings. The summed E-state index contributed by atoms with van der Waals surface area (Å²) in [7, 11) is 0. The Balaban J connectivity index is 1.49. The second kappa shape index (κ2) is 9.30. The van der Waals surface area contributed by atoms with E-state index in [0.717, 1.165) is 0 Å². The van der Waals surface area contributed by atoms with Crippen molar-refractivity contribution in [3.8, 4) is 40.2 Å². The number of benzene rings is 4. The summed E-state index contributed by atoms with van der Waals surface area (Å²) in [6, 6.07) is 18.1. The van der Waals surface area contributed by atoms with Crippen LogP contribution in [0.25, 0.3) is 0 Å². The van der Waals surface area contributed by atoms with Gasteiger partial charge >= 0.3 is 0 Å². The predicted octanol–water partition coefficient (Wildman–Crippen LogP) is 3.88. The maximum atomic E-state index is 11.7. The highest BCUT2D eigenvalue weighted by Crippen LogP contribution is 2.52. The molecule has 0 saturated carbocycles. The molecule has 5 atom stereocenters. The normalized spacial score (nSPS) is 23.7. The topological polar surface area (TPSA) is 160 Å². The van der Waals surface area contributed by atoms with E-state index < -0.39 is 30.3 Å². The van der Waals surface area contributed by atoms with Crippen molar-refractivity contribution in [1.82, 2.24) is 0 Å². The average Bonchev–Trinajstić information content (AvgIpc) is 2.91. The molecule has 39 heavy (non-hydrogen) atoms. The number of aliphatic hydroxyl groups is 2. The lowest BCUT2D eigenvalue weighted by Gasteiger charge is -2.40. The number of phenolic OH excluding ortho intramolecular Hbond substituents is 5. The van der Waals surface area contributed by atoms with Crippen LogP contribution in [0.5, 0.6) is 40.2 Å². The van der Waals surface area contributed by atoms with Crippen LogP contribution in [-0.2, 0) is 6.42 Å². The summed E-state index contributed by atoms with van der Waals surface area (Å²) in [5.74, 6) is -0.830. The Labute approximate surface area is 223 Å². The third kappa shape index (κ3) is 4.21. The summed E-state index contributed by atoms with van der Waals surface area (Å²) in [6.07, 6.45) is -3.99. The minimum absolute atomic E-state index is 0.0207. The first-order valence-electron chi connectivity index (χ1n) is 12.4. The van der Waals surface area contributed by atoms with Crippen LogP contribution in [0.1, 0.15) is 45.9 Å². The van der Waals surface area contributed by atoms with Gasteiger partial charge in [-0.3, -0.25) is 0 Å². The number of hydrogen-bond acceptors (Lipinski definition) is 9. The number of aromatic hydroxyl groups is 5. The Bertz CT molecular complexity index is 1550. The van der Waals surface area contributed by atoms with Gasteiger partial charge in [-0.25, -0.2) is 0 Å². The lowest BCUT2D eigenvalue weighted by molar-refractivity contribution is 0.00253. The van der Waals surface area contributed by atoms with Crippen LogP contribution >= 0.6 is 0 Å². The van der Waals surface area contributed by atoms with Gasteiger partial charge in [0.15, 0.2) is 17.6 Å². The Morgan fingerprint density at radius 3 is 2.00 bits per heavy atom. The zero-order chi connectivity index (χ0) is 27.4. The summed E-state index contributed by atoms with van der Waals surface area (Å²) in [5, 5.41) is 73.0. The van der Waals surface area contributed by atoms with Crippen molar-refractivity contribution in [3.63, 3.8) is 0 Å². The first kappa shape index (κ1) is 24.7. The van der Waals surface area contributed by atoms with Crippen molar-refractivity contribution in [2.24, 2.45) is 0 Å². The fourth-order valence-corrected chi connectivity index (χ4v) is 5.47. The van der Waals surface area contributed by atoms with Gasteiger partial charge in [0, 0.05) is 35.1 Å². The smallest absolute Gasteiger partial charge is 0.157 e. The fraction of sp³-hybridized carbons (Fsp3) is 0.200. The van der Waals surface area contributed by atoms with Crippen LogP contribution in [0.3, 0.4) is 0 Å². The summed E-state index contributed by atoms with van der Waals surface area (Å²) in [4.78, 5) is 0. The lowest BCUT2D eigenvalue weighted by Crippen LogP contribution is -2.36. The average molecular weight is 531 g/mol. The predicted molar refractivity (Wildman–Crippen MR) is 138 cm³/mol. The number of rotatable bonds is 3. The van der Waals surface area contributed by atoms with Gasteiger partial charge < -0.3 is 45.2 Å². The molecule has 2 aliphatic heterocycles. The number of fused-ring (bicyclic) bond motifs is 2. The maximum Gasteiger partial charge on any atom is 0.157 e. The van der Waals surface area contributed by atoms with E-state index in [1.165, 1.54) is 48.5 Å². The van der Waals surface area contributed by atoms with E-state index in [4.69, 9.17) is 9.47 Å². The lowest BCUT2D eigenvalue weighted by atomic mass is 9.78. The van der Waals surface area contributed by atoms with E-state index in [0.29, 0.717) is 33.6 Å². The molecule has 0 amide bonds. The van der Waals surface area contributed by atoms with Crippen molar-refractivity contribution in [2.75, 3.05) is 0 Å². The van der Waals surface area contributed by atoms with Gasteiger partial charge in [0.1, 0.15) is 41.0 Å². The molecule has 5 unspecified atom stereocenters. The highest BCUT2D eigenvalue weighted by molar-refractivity contribution is 5.59. The SMILES string of the molecule is Oc1ccc(C2Oc3cc(O)ccc3C(c3ccc(O)c4c3OC(c3ccc(O)c(O)c3)C(O)C4)C2O)cc1. The molecular weight excluding hydrogens is 504 g/mol. The van der Waals surface area contributed by atoms with Gasteiger partial charge in [-0.05, 0) is 47.5 Å². The van der Waals surface area contributed by atoms with Gasteiger partial charge in [-0.2, -0.15) is 0 Å². The molecule has 6 rings (SSSR count). The minimum Gasteiger partial charge on any atom is -0.508 e. The van der Waals surface area contributed by atoms with E-state index in [1.807, 2.05) is 0 Å². The van der Waals surface area contributed by atoms with Gasteiger partial charge in [-0.1, -0.05) is 30.3 Å². The molecule has 0 spiro atoms. The minimum atomic E-state index is -1.15. The van der Waals surface area contributed by atoms with E-state index in [2.05, 4.69) is 0 Å². The zero-order valence-corrected chi connectivity index (χ0v) is 20.5. The number of ether oxygens (including phenoxy) is 2. The van der Waals surface area contributed by atoms with Crippen LogP contribution < -0.4 is 9.47 Å². The van der Waals surface area contributed by atoms with Crippen molar-refractivity contribution < 1.29 is 45.2 Å². The Hall–Kier alpha value is -4.60. The van der Waals surface area contributed by atoms with E-state index in [9.17, 15) is 35.7 Å². The Morgan fingerprint density at radius 2 is 1.26 bits per heavy atom. The highest BCUT2D eigenvalue weighted by Gasteiger charge is 2.43. The van der Waals surface area contributed by atoms with E-state index >= 15 is 0 Å². The van der Waals surface area contributed by atoms with E-state index in [-0.39, 0.29) is 40.9 Å². The summed E-state index contributed by atoms with van der Waals surface area (Å²) in [5.41, 5.74) is 2.48. The number of aliphatic hydroxyl groups excluding tert-OH is 2. The van der Waals surface area contributed by atoms with Gasteiger partial charge in [0.25, 0.3) is 0 Å². The van der Waals surface area contributed by atoms with Crippen molar-refractivity contribution in [2.45, 2.75) is 36.8 Å². The van der Waals surface area contributed by atoms with Crippen molar-refractivity contribution in [3.05, 3.63) is 101 Å². The quantitative estimate of drug-likeness (QED) is 0.195. The zero-order valence-electron chi connectivity index (χ0n) is 20.5. The largest absolute Gasteiger partial charge is 0.508 e. The fourth-order valence-electron chi connectivity index (χ4n) is 5.47.